The molecular weight excluding hydrogens is 395 g/mol. The van der Waals surface area contributed by atoms with Crippen molar-refractivity contribution in [2.45, 2.75) is 26.2 Å². The Kier molecular flexibility index (Phi) is 5.98. The lowest BCUT2D eigenvalue weighted by atomic mass is 9.99. The van der Waals surface area contributed by atoms with Crippen molar-refractivity contribution in [2.24, 2.45) is 0 Å². The lowest BCUT2D eigenvalue weighted by molar-refractivity contribution is -0.118. The molecule has 31 heavy (non-hydrogen) atoms. The number of anilines is 1. The van der Waals surface area contributed by atoms with Crippen molar-refractivity contribution in [3.05, 3.63) is 78.1 Å². The fourth-order valence-corrected chi connectivity index (χ4v) is 3.20. The molecule has 0 saturated heterocycles. The number of nitrogens with one attached hydrogen (secondary N) is 1. The molecule has 1 aromatic heterocycles. The first-order valence-electron chi connectivity index (χ1n) is 10.2. The van der Waals surface area contributed by atoms with Crippen LogP contribution in [0.25, 0.3) is 22.6 Å². The molecule has 3 aromatic carbocycles. The average Bonchev–Trinajstić information content (AvgIpc) is 3.21. The molecule has 158 valence electrons. The number of aromatic nitrogens is 1. The third kappa shape index (κ3) is 4.91. The minimum atomic E-state index is -0.321. The average molecular weight is 418 g/mol. The molecule has 1 amide bonds. The Balaban J connectivity index is 1.38. The SMILES string of the molecule is CCC(C)c1ccc(OCC(=O)Nc2ccc3oc(-c4ccc(F)cc4)nc3c2)cc1. The van der Waals surface area contributed by atoms with Gasteiger partial charge in [0.1, 0.15) is 17.1 Å². The monoisotopic (exact) mass is 418 g/mol. The second-order valence-electron chi connectivity index (χ2n) is 7.42. The summed E-state index contributed by atoms with van der Waals surface area (Å²) in [5.41, 5.74) is 3.69. The number of hydrogen-bond acceptors (Lipinski definition) is 4. The molecule has 0 spiro atoms. The van der Waals surface area contributed by atoms with E-state index in [0.29, 0.717) is 39.9 Å². The van der Waals surface area contributed by atoms with Crippen LogP contribution in [0.15, 0.2) is 71.1 Å². The smallest absolute Gasteiger partial charge is 0.262 e. The number of amides is 1. The number of hydrogen-bond donors (Lipinski definition) is 1. The maximum Gasteiger partial charge on any atom is 0.262 e. The molecule has 1 heterocycles. The molecule has 0 aliphatic heterocycles. The summed E-state index contributed by atoms with van der Waals surface area (Å²) < 4.78 is 24.4. The number of ether oxygens (including phenoxy) is 1. The summed E-state index contributed by atoms with van der Waals surface area (Å²) in [6.07, 6.45) is 1.07. The standard InChI is InChI=1S/C25H23FN2O3/c1-3-16(2)17-6-11-21(12-7-17)30-15-24(29)27-20-10-13-23-22(14-20)28-25(31-23)18-4-8-19(26)9-5-18/h4-14,16H,3,15H2,1-2H3,(H,27,29). The van der Waals surface area contributed by atoms with Gasteiger partial charge in [0, 0.05) is 11.3 Å². The topological polar surface area (TPSA) is 64.4 Å². The normalized spacial score (nSPS) is 12.0. The lowest BCUT2D eigenvalue weighted by Gasteiger charge is -2.11. The fraction of sp³-hybridized carbons (Fsp3) is 0.200. The van der Waals surface area contributed by atoms with Crippen LogP contribution < -0.4 is 10.1 Å². The number of carbonyl (C=O) groups excluding carboxylic acids is 1. The summed E-state index contributed by atoms with van der Waals surface area (Å²) in [5, 5.41) is 2.80. The van der Waals surface area contributed by atoms with E-state index >= 15 is 0 Å². The van der Waals surface area contributed by atoms with Crippen molar-refractivity contribution in [3.63, 3.8) is 0 Å². The molecule has 5 nitrogen and oxygen atoms in total. The highest BCUT2D eigenvalue weighted by Gasteiger charge is 2.11. The summed E-state index contributed by atoms with van der Waals surface area (Å²) in [6, 6.07) is 18.9. The van der Waals surface area contributed by atoms with E-state index in [4.69, 9.17) is 9.15 Å². The third-order valence-electron chi connectivity index (χ3n) is 5.19. The van der Waals surface area contributed by atoms with Gasteiger partial charge >= 0.3 is 0 Å². The van der Waals surface area contributed by atoms with Crippen LogP contribution in [0.5, 0.6) is 5.75 Å². The maximum atomic E-state index is 13.1. The Morgan fingerprint density at radius 3 is 2.55 bits per heavy atom. The Bertz CT molecular complexity index is 1180. The van der Waals surface area contributed by atoms with E-state index in [-0.39, 0.29) is 18.3 Å². The largest absolute Gasteiger partial charge is 0.484 e. The zero-order valence-corrected chi connectivity index (χ0v) is 17.4. The number of fused-ring (bicyclic) bond motifs is 1. The predicted molar refractivity (Wildman–Crippen MR) is 119 cm³/mol. The number of oxazole rings is 1. The highest BCUT2D eigenvalue weighted by Crippen LogP contribution is 2.26. The molecule has 4 rings (SSSR count). The van der Waals surface area contributed by atoms with Gasteiger partial charge in [0.05, 0.1) is 0 Å². The second-order valence-corrected chi connectivity index (χ2v) is 7.42. The lowest BCUT2D eigenvalue weighted by Crippen LogP contribution is -2.20. The van der Waals surface area contributed by atoms with Crippen LogP contribution in [0.2, 0.25) is 0 Å². The summed E-state index contributed by atoms with van der Waals surface area (Å²) in [6.45, 7) is 4.23. The van der Waals surface area contributed by atoms with Crippen molar-refractivity contribution in [2.75, 3.05) is 11.9 Å². The second kappa shape index (κ2) is 9.00. The van der Waals surface area contributed by atoms with Crippen molar-refractivity contribution in [1.82, 2.24) is 4.98 Å². The first-order chi connectivity index (χ1) is 15.0. The van der Waals surface area contributed by atoms with Gasteiger partial charge in [-0.3, -0.25) is 4.79 Å². The van der Waals surface area contributed by atoms with Crippen LogP contribution in [0.4, 0.5) is 10.1 Å². The van der Waals surface area contributed by atoms with Crippen LogP contribution in [-0.2, 0) is 4.79 Å². The molecule has 0 saturated carbocycles. The Morgan fingerprint density at radius 2 is 1.84 bits per heavy atom. The molecule has 1 unspecified atom stereocenters. The molecule has 0 fully saturated rings. The Hall–Kier alpha value is -3.67. The van der Waals surface area contributed by atoms with Gasteiger partial charge in [0.2, 0.25) is 5.89 Å². The first kappa shape index (κ1) is 20.6. The number of benzene rings is 3. The van der Waals surface area contributed by atoms with E-state index < -0.39 is 0 Å². The molecule has 6 heteroatoms. The van der Waals surface area contributed by atoms with E-state index in [2.05, 4.69) is 24.1 Å². The summed E-state index contributed by atoms with van der Waals surface area (Å²) >= 11 is 0. The fourth-order valence-electron chi connectivity index (χ4n) is 3.20. The number of halogens is 1. The molecule has 0 bridgehead atoms. The van der Waals surface area contributed by atoms with E-state index in [1.54, 1.807) is 30.3 Å². The summed E-state index contributed by atoms with van der Waals surface area (Å²) in [5.74, 6) is 0.944. The van der Waals surface area contributed by atoms with Crippen LogP contribution in [0.3, 0.4) is 0 Å². The zero-order valence-electron chi connectivity index (χ0n) is 17.4. The van der Waals surface area contributed by atoms with Crippen LogP contribution in [-0.4, -0.2) is 17.5 Å². The predicted octanol–water partition coefficient (Wildman–Crippen LogP) is 6.16. The molecule has 0 radical (unpaired) electrons. The Labute approximate surface area is 179 Å². The number of carbonyl (C=O) groups is 1. The van der Waals surface area contributed by atoms with Gasteiger partial charge in [-0.1, -0.05) is 26.0 Å². The maximum absolute atomic E-state index is 13.1. The van der Waals surface area contributed by atoms with Gasteiger partial charge in [-0.25, -0.2) is 9.37 Å². The third-order valence-corrected chi connectivity index (χ3v) is 5.19. The van der Waals surface area contributed by atoms with Crippen LogP contribution in [0, 0.1) is 5.82 Å². The number of nitrogens with zero attached hydrogens (tertiary/aromatic N) is 1. The molecule has 4 aromatic rings. The van der Waals surface area contributed by atoms with Crippen molar-refractivity contribution in [3.8, 4) is 17.2 Å². The minimum absolute atomic E-state index is 0.0969. The molecule has 1 N–H and O–H groups in total. The van der Waals surface area contributed by atoms with Crippen molar-refractivity contribution < 1.29 is 18.3 Å². The quantitative estimate of drug-likeness (QED) is 0.390. The van der Waals surface area contributed by atoms with Gasteiger partial charge in [0.25, 0.3) is 5.91 Å². The zero-order chi connectivity index (χ0) is 21.8. The van der Waals surface area contributed by atoms with Crippen LogP contribution >= 0.6 is 0 Å². The first-order valence-corrected chi connectivity index (χ1v) is 10.2. The highest BCUT2D eigenvalue weighted by molar-refractivity contribution is 5.94. The van der Waals surface area contributed by atoms with Gasteiger partial charge in [-0.05, 0) is 72.5 Å². The molecular formula is C25H23FN2O3. The highest BCUT2D eigenvalue weighted by atomic mass is 19.1. The molecule has 0 aliphatic carbocycles. The van der Waals surface area contributed by atoms with Gasteiger partial charge < -0.3 is 14.5 Å². The van der Waals surface area contributed by atoms with Crippen molar-refractivity contribution >= 4 is 22.7 Å². The Morgan fingerprint density at radius 1 is 1.10 bits per heavy atom. The van der Waals surface area contributed by atoms with Gasteiger partial charge in [-0.15, -0.1) is 0 Å². The van der Waals surface area contributed by atoms with Gasteiger partial charge in [-0.2, -0.15) is 0 Å². The molecule has 1 atom stereocenters. The van der Waals surface area contributed by atoms with Crippen LogP contribution in [0.1, 0.15) is 31.7 Å². The van der Waals surface area contributed by atoms with Crippen molar-refractivity contribution in [1.29, 1.82) is 0 Å². The summed E-state index contributed by atoms with van der Waals surface area (Å²) in [7, 11) is 0. The molecule has 0 aliphatic rings. The van der Waals surface area contributed by atoms with E-state index in [1.807, 2.05) is 24.3 Å². The van der Waals surface area contributed by atoms with E-state index in [0.717, 1.165) is 6.42 Å². The van der Waals surface area contributed by atoms with E-state index in [1.165, 1.54) is 17.7 Å². The van der Waals surface area contributed by atoms with E-state index in [9.17, 15) is 9.18 Å². The minimum Gasteiger partial charge on any atom is -0.484 e. The summed E-state index contributed by atoms with van der Waals surface area (Å²) in [4.78, 5) is 16.7. The van der Waals surface area contributed by atoms with Gasteiger partial charge in [0.15, 0.2) is 12.2 Å². The number of rotatable bonds is 7.